The van der Waals surface area contributed by atoms with Gasteiger partial charge >= 0.3 is 0 Å². The van der Waals surface area contributed by atoms with Crippen LogP contribution in [-0.2, 0) is 0 Å². The van der Waals surface area contributed by atoms with E-state index in [4.69, 9.17) is 17.3 Å². The van der Waals surface area contributed by atoms with Gasteiger partial charge in [-0.1, -0.05) is 23.7 Å². The van der Waals surface area contributed by atoms with Crippen molar-refractivity contribution in [3.8, 4) is 0 Å². The number of rotatable bonds is 0. The molecule has 0 saturated heterocycles. The average Bonchev–Trinajstić information content (AvgIpc) is 2.07. The van der Waals surface area contributed by atoms with Crippen LogP contribution in [0.5, 0.6) is 0 Å². The Morgan fingerprint density at radius 1 is 1.23 bits per heavy atom. The molecule has 0 bridgehead atoms. The third kappa shape index (κ3) is 1.69. The van der Waals surface area contributed by atoms with Gasteiger partial charge in [0, 0.05) is 17.3 Å². The fourth-order valence-electron chi connectivity index (χ4n) is 1.16. The van der Waals surface area contributed by atoms with Crippen LogP contribution in [0, 0.1) is 0 Å². The first-order valence-electron chi connectivity index (χ1n) is 3.58. The van der Waals surface area contributed by atoms with E-state index in [1.807, 2.05) is 12.1 Å². The van der Waals surface area contributed by atoms with Gasteiger partial charge in [-0.2, -0.15) is 0 Å². The van der Waals surface area contributed by atoms with Crippen LogP contribution in [0.15, 0.2) is 30.5 Å². The number of aromatic nitrogens is 1. The van der Waals surface area contributed by atoms with E-state index in [9.17, 15) is 0 Å². The van der Waals surface area contributed by atoms with Gasteiger partial charge in [-0.25, -0.2) is 0 Å². The van der Waals surface area contributed by atoms with Crippen molar-refractivity contribution in [3.05, 3.63) is 35.5 Å². The molecule has 1 heterocycles. The van der Waals surface area contributed by atoms with Crippen molar-refractivity contribution in [2.45, 2.75) is 0 Å². The van der Waals surface area contributed by atoms with Gasteiger partial charge in [-0.3, -0.25) is 4.98 Å². The standard InChI is InChI=1S/C9H7ClN2.ClH/c10-7-3-1-2-6-8(11)4-5-12-9(6)7;/h1-5H,(H2,11,12);1H. The molecular weight excluding hydrogens is 207 g/mol. The summed E-state index contributed by atoms with van der Waals surface area (Å²) < 4.78 is 0. The molecule has 1 aromatic carbocycles. The maximum atomic E-state index is 5.91. The average molecular weight is 215 g/mol. The summed E-state index contributed by atoms with van der Waals surface area (Å²) in [5, 5.41) is 1.55. The Bertz CT molecular complexity index is 388. The lowest BCUT2D eigenvalue weighted by molar-refractivity contribution is 1.41. The summed E-state index contributed by atoms with van der Waals surface area (Å²) in [7, 11) is 0. The lowest BCUT2D eigenvalue weighted by atomic mass is 10.2. The van der Waals surface area contributed by atoms with E-state index in [1.54, 1.807) is 18.3 Å². The first-order valence-corrected chi connectivity index (χ1v) is 3.95. The second-order valence-corrected chi connectivity index (χ2v) is 2.94. The van der Waals surface area contributed by atoms with Crippen molar-refractivity contribution >= 4 is 40.6 Å². The zero-order valence-electron chi connectivity index (χ0n) is 6.70. The highest BCUT2D eigenvalue weighted by Crippen LogP contribution is 2.24. The molecule has 0 aliphatic carbocycles. The molecule has 0 aliphatic heterocycles. The molecule has 68 valence electrons. The van der Waals surface area contributed by atoms with E-state index >= 15 is 0 Å². The number of nitrogens with zero attached hydrogens (tertiary/aromatic N) is 1. The normalized spacial score (nSPS) is 9.62. The molecule has 0 amide bonds. The van der Waals surface area contributed by atoms with Crippen LogP contribution in [0.2, 0.25) is 5.02 Å². The first kappa shape index (κ1) is 10.1. The Hall–Kier alpha value is -0.990. The van der Waals surface area contributed by atoms with E-state index in [-0.39, 0.29) is 12.4 Å². The Morgan fingerprint density at radius 3 is 2.69 bits per heavy atom. The molecule has 0 saturated carbocycles. The third-order valence-electron chi connectivity index (χ3n) is 1.76. The molecule has 0 radical (unpaired) electrons. The van der Waals surface area contributed by atoms with Crippen molar-refractivity contribution in [2.75, 3.05) is 5.73 Å². The van der Waals surface area contributed by atoms with Gasteiger partial charge in [-0.15, -0.1) is 12.4 Å². The molecule has 13 heavy (non-hydrogen) atoms. The Balaban J connectivity index is 0.000000845. The molecule has 0 spiro atoms. The van der Waals surface area contributed by atoms with Crippen molar-refractivity contribution < 1.29 is 0 Å². The maximum Gasteiger partial charge on any atom is 0.0908 e. The summed E-state index contributed by atoms with van der Waals surface area (Å²) in [6, 6.07) is 7.33. The fourth-order valence-corrected chi connectivity index (χ4v) is 1.38. The number of benzene rings is 1. The minimum atomic E-state index is 0. The highest BCUT2D eigenvalue weighted by molar-refractivity contribution is 6.35. The van der Waals surface area contributed by atoms with Crippen LogP contribution >= 0.6 is 24.0 Å². The number of halogens is 2. The summed E-state index contributed by atoms with van der Waals surface area (Å²) in [5.74, 6) is 0. The largest absolute Gasteiger partial charge is 0.398 e. The number of anilines is 1. The SMILES string of the molecule is Cl.Nc1ccnc2c(Cl)cccc12. The van der Waals surface area contributed by atoms with Crippen LogP contribution in [0.1, 0.15) is 0 Å². The number of pyridine rings is 1. The van der Waals surface area contributed by atoms with Gasteiger partial charge in [0.25, 0.3) is 0 Å². The topological polar surface area (TPSA) is 38.9 Å². The summed E-state index contributed by atoms with van der Waals surface area (Å²) in [6.45, 7) is 0. The number of hydrogen-bond donors (Lipinski definition) is 1. The molecule has 2 N–H and O–H groups in total. The molecule has 1 aromatic heterocycles. The first-order chi connectivity index (χ1) is 5.79. The van der Waals surface area contributed by atoms with Gasteiger partial charge < -0.3 is 5.73 Å². The zero-order chi connectivity index (χ0) is 8.55. The van der Waals surface area contributed by atoms with Gasteiger partial charge in [0.1, 0.15) is 0 Å². The fraction of sp³-hybridized carbons (Fsp3) is 0. The monoisotopic (exact) mass is 214 g/mol. The van der Waals surface area contributed by atoms with E-state index in [2.05, 4.69) is 4.98 Å². The van der Waals surface area contributed by atoms with Crippen molar-refractivity contribution in [3.63, 3.8) is 0 Å². The zero-order valence-corrected chi connectivity index (χ0v) is 8.27. The number of para-hydroxylation sites is 1. The van der Waals surface area contributed by atoms with Gasteiger partial charge in [0.2, 0.25) is 0 Å². The molecule has 0 fully saturated rings. The highest BCUT2D eigenvalue weighted by atomic mass is 35.5. The Kier molecular flexibility index (Phi) is 2.96. The van der Waals surface area contributed by atoms with Gasteiger partial charge in [-0.05, 0) is 12.1 Å². The Morgan fingerprint density at radius 2 is 2.00 bits per heavy atom. The quantitative estimate of drug-likeness (QED) is 0.733. The molecular formula is C9H8Cl2N2. The minimum absolute atomic E-state index is 0. The van der Waals surface area contributed by atoms with Gasteiger partial charge in [0.05, 0.1) is 10.5 Å². The minimum Gasteiger partial charge on any atom is -0.398 e. The number of nitrogen functional groups attached to an aromatic ring is 1. The third-order valence-corrected chi connectivity index (χ3v) is 2.06. The summed E-state index contributed by atoms with van der Waals surface area (Å²) in [4.78, 5) is 4.13. The maximum absolute atomic E-state index is 5.91. The summed E-state index contributed by atoms with van der Waals surface area (Å²) in [6.07, 6.45) is 1.66. The van der Waals surface area contributed by atoms with Crippen LogP contribution in [0.3, 0.4) is 0 Å². The molecule has 2 aromatic rings. The van der Waals surface area contributed by atoms with E-state index < -0.39 is 0 Å². The van der Waals surface area contributed by atoms with Crippen LogP contribution in [0.25, 0.3) is 10.9 Å². The molecule has 0 atom stereocenters. The van der Waals surface area contributed by atoms with E-state index in [0.29, 0.717) is 10.7 Å². The second-order valence-electron chi connectivity index (χ2n) is 2.54. The smallest absolute Gasteiger partial charge is 0.0908 e. The number of hydrogen-bond acceptors (Lipinski definition) is 2. The van der Waals surface area contributed by atoms with E-state index in [0.717, 1.165) is 10.9 Å². The van der Waals surface area contributed by atoms with Crippen molar-refractivity contribution in [2.24, 2.45) is 0 Å². The predicted molar refractivity (Wildman–Crippen MR) is 58.4 cm³/mol. The van der Waals surface area contributed by atoms with Crippen LogP contribution < -0.4 is 5.73 Å². The molecule has 2 nitrogen and oxygen atoms in total. The highest BCUT2D eigenvalue weighted by Gasteiger charge is 2.00. The molecule has 0 aliphatic rings. The lowest BCUT2D eigenvalue weighted by Crippen LogP contribution is -1.88. The molecule has 4 heteroatoms. The summed E-state index contributed by atoms with van der Waals surface area (Å²) >= 11 is 5.91. The second kappa shape index (κ2) is 3.81. The number of nitrogens with two attached hydrogens (primary N) is 1. The van der Waals surface area contributed by atoms with Crippen molar-refractivity contribution in [1.82, 2.24) is 4.98 Å². The van der Waals surface area contributed by atoms with Gasteiger partial charge in [0.15, 0.2) is 0 Å². The predicted octanol–water partition coefficient (Wildman–Crippen LogP) is 2.89. The lowest BCUT2D eigenvalue weighted by Gasteiger charge is -2.00. The van der Waals surface area contributed by atoms with Crippen LogP contribution in [0.4, 0.5) is 5.69 Å². The summed E-state index contributed by atoms with van der Waals surface area (Å²) in [5.41, 5.74) is 7.20. The Labute approximate surface area is 87.1 Å². The van der Waals surface area contributed by atoms with Crippen molar-refractivity contribution in [1.29, 1.82) is 0 Å². The molecule has 2 rings (SSSR count). The molecule has 0 unspecified atom stereocenters. The van der Waals surface area contributed by atoms with E-state index in [1.165, 1.54) is 0 Å². The van der Waals surface area contributed by atoms with Crippen LogP contribution in [-0.4, -0.2) is 4.98 Å². The number of fused-ring (bicyclic) bond motifs is 1.